The molecule has 0 amide bonds. The van der Waals surface area contributed by atoms with E-state index in [1.54, 1.807) is 19.2 Å². The van der Waals surface area contributed by atoms with Crippen LogP contribution in [0.25, 0.3) is 27.8 Å². The molecule has 2 aromatic heterocycles. The van der Waals surface area contributed by atoms with Gasteiger partial charge in [-0.2, -0.15) is 0 Å². The molecule has 180 valence electrons. The summed E-state index contributed by atoms with van der Waals surface area (Å²) in [6.45, 7) is 1.93. The van der Waals surface area contributed by atoms with Crippen LogP contribution in [0.5, 0.6) is 5.75 Å². The normalized spacial score (nSPS) is 14.4. The van der Waals surface area contributed by atoms with Crippen molar-refractivity contribution < 1.29 is 13.5 Å². The minimum atomic E-state index is -1.12. The second-order valence-corrected chi connectivity index (χ2v) is 8.92. The van der Waals surface area contributed by atoms with E-state index in [1.165, 1.54) is 23.7 Å². The molecule has 0 saturated carbocycles. The smallest absolute Gasteiger partial charge is 0.331 e. The summed E-state index contributed by atoms with van der Waals surface area (Å²) in [6, 6.07) is 18.7. The summed E-state index contributed by atoms with van der Waals surface area (Å²) in [4.78, 5) is 26.7. The van der Waals surface area contributed by atoms with Crippen molar-refractivity contribution in [3.05, 3.63) is 116 Å². The fraction of sp³-hybridized carbons (Fsp3) is 0.143. The predicted octanol–water partition coefficient (Wildman–Crippen LogP) is 4.76. The van der Waals surface area contributed by atoms with Gasteiger partial charge in [-0.05, 0) is 30.7 Å². The van der Waals surface area contributed by atoms with Crippen LogP contribution in [0.2, 0.25) is 0 Å². The van der Waals surface area contributed by atoms with Gasteiger partial charge in [0.1, 0.15) is 5.75 Å². The molecule has 0 fully saturated rings. The first-order chi connectivity index (χ1) is 17.3. The molecule has 8 heteroatoms. The molecule has 6 rings (SSSR count). The van der Waals surface area contributed by atoms with E-state index in [1.807, 2.05) is 47.9 Å². The topological polar surface area (TPSA) is 58.2 Å². The third-order valence-electron chi connectivity index (χ3n) is 6.87. The molecule has 0 aliphatic carbocycles. The number of fused-ring (bicyclic) bond motifs is 5. The van der Waals surface area contributed by atoms with E-state index >= 15 is 4.39 Å². The molecular formula is C28H21F2N3O3. The van der Waals surface area contributed by atoms with Crippen molar-refractivity contribution in [3.63, 3.8) is 0 Å². The Labute approximate surface area is 204 Å². The maximum atomic E-state index is 15.2. The summed E-state index contributed by atoms with van der Waals surface area (Å²) < 4.78 is 40.1. The van der Waals surface area contributed by atoms with Crippen molar-refractivity contribution in [1.82, 2.24) is 13.7 Å². The Kier molecular flexibility index (Phi) is 4.76. The standard InChI is InChI=1S/C28H21F2N3O3/c1-15-9-4-5-10-16(15)23-21-24(31(2)28(35)32(3)27(21)34)25-26(17-11-8-12-18(29)22(17)30)36-20-14-7-6-13-19(20)33(23)25/h4-14,26H,1-3H3. The first-order valence-electron chi connectivity index (χ1n) is 11.4. The lowest BCUT2D eigenvalue weighted by atomic mass is 10.0. The van der Waals surface area contributed by atoms with Crippen LogP contribution in [-0.2, 0) is 14.1 Å². The van der Waals surface area contributed by atoms with Crippen molar-refractivity contribution >= 4 is 10.9 Å². The molecular weight excluding hydrogens is 464 g/mol. The second-order valence-electron chi connectivity index (χ2n) is 8.92. The van der Waals surface area contributed by atoms with Gasteiger partial charge < -0.3 is 9.30 Å². The Bertz CT molecular complexity index is 1830. The van der Waals surface area contributed by atoms with Gasteiger partial charge in [-0.3, -0.25) is 13.9 Å². The predicted molar refractivity (Wildman–Crippen MR) is 133 cm³/mol. The molecule has 1 atom stereocenters. The van der Waals surface area contributed by atoms with Crippen LogP contribution < -0.4 is 16.0 Å². The van der Waals surface area contributed by atoms with Crippen LogP contribution in [0.3, 0.4) is 0 Å². The van der Waals surface area contributed by atoms with E-state index < -0.39 is 29.0 Å². The Balaban J connectivity index is 1.90. The monoisotopic (exact) mass is 485 g/mol. The number of para-hydroxylation sites is 2. The van der Waals surface area contributed by atoms with Crippen LogP contribution in [0.1, 0.15) is 22.9 Å². The zero-order valence-electron chi connectivity index (χ0n) is 19.8. The van der Waals surface area contributed by atoms with E-state index in [9.17, 15) is 14.0 Å². The van der Waals surface area contributed by atoms with Crippen molar-refractivity contribution in [3.8, 4) is 22.7 Å². The average Bonchev–Trinajstić information content (AvgIpc) is 3.24. The lowest BCUT2D eigenvalue weighted by molar-refractivity contribution is 0.222. The number of rotatable bonds is 2. The van der Waals surface area contributed by atoms with E-state index in [2.05, 4.69) is 0 Å². The summed E-state index contributed by atoms with van der Waals surface area (Å²) >= 11 is 0. The molecule has 0 N–H and O–H groups in total. The molecule has 0 bridgehead atoms. The number of halogens is 2. The van der Waals surface area contributed by atoms with Crippen LogP contribution in [-0.4, -0.2) is 13.7 Å². The zero-order valence-corrected chi connectivity index (χ0v) is 19.8. The number of hydrogen-bond donors (Lipinski definition) is 0. The molecule has 0 saturated heterocycles. The highest BCUT2D eigenvalue weighted by molar-refractivity contribution is 5.98. The van der Waals surface area contributed by atoms with Crippen molar-refractivity contribution in [2.24, 2.45) is 14.1 Å². The first-order valence-corrected chi connectivity index (χ1v) is 11.4. The Morgan fingerprint density at radius 2 is 1.58 bits per heavy atom. The molecule has 3 heterocycles. The number of benzene rings is 3. The van der Waals surface area contributed by atoms with Gasteiger partial charge in [-0.15, -0.1) is 0 Å². The fourth-order valence-electron chi connectivity index (χ4n) is 5.14. The minimum absolute atomic E-state index is 0.0328. The summed E-state index contributed by atoms with van der Waals surface area (Å²) in [7, 11) is 2.99. The first kappa shape index (κ1) is 22.0. The highest BCUT2D eigenvalue weighted by Gasteiger charge is 2.37. The molecule has 1 aliphatic rings. The van der Waals surface area contributed by atoms with E-state index in [-0.39, 0.29) is 5.56 Å². The summed E-state index contributed by atoms with van der Waals surface area (Å²) in [5.41, 5.74) is 2.52. The largest absolute Gasteiger partial charge is 0.477 e. The maximum Gasteiger partial charge on any atom is 0.331 e. The Morgan fingerprint density at radius 1 is 0.861 bits per heavy atom. The van der Waals surface area contributed by atoms with Crippen LogP contribution in [0, 0.1) is 18.6 Å². The third kappa shape index (κ3) is 2.87. The van der Waals surface area contributed by atoms with Gasteiger partial charge in [0.05, 0.1) is 28.0 Å². The lowest BCUT2D eigenvalue weighted by Crippen LogP contribution is -2.37. The summed E-state index contributed by atoms with van der Waals surface area (Å²) in [5, 5.41) is 0.297. The van der Waals surface area contributed by atoms with Crippen LogP contribution >= 0.6 is 0 Å². The number of nitrogens with zero attached hydrogens (tertiary/aromatic N) is 3. The fourth-order valence-corrected chi connectivity index (χ4v) is 5.14. The quantitative estimate of drug-likeness (QED) is 0.362. The highest BCUT2D eigenvalue weighted by Crippen LogP contribution is 2.47. The van der Waals surface area contributed by atoms with Gasteiger partial charge in [0, 0.05) is 25.2 Å². The molecule has 0 radical (unpaired) electrons. The molecule has 1 unspecified atom stereocenters. The van der Waals surface area contributed by atoms with Gasteiger partial charge in [-0.25, -0.2) is 13.6 Å². The van der Waals surface area contributed by atoms with Crippen molar-refractivity contribution in [1.29, 1.82) is 0 Å². The molecule has 0 spiro atoms. The number of hydrogen-bond acceptors (Lipinski definition) is 3. The van der Waals surface area contributed by atoms with Gasteiger partial charge in [0.15, 0.2) is 17.7 Å². The molecule has 6 nitrogen and oxygen atoms in total. The SMILES string of the molecule is Cc1ccccc1-c1c2c(=O)n(C)c(=O)n(C)c2c2n1-c1ccccc1OC2c1cccc(F)c1F. The molecule has 5 aromatic rings. The highest BCUT2D eigenvalue weighted by atomic mass is 19.2. The average molecular weight is 485 g/mol. The van der Waals surface area contributed by atoms with Crippen molar-refractivity contribution in [2.75, 3.05) is 0 Å². The van der Waals surface area contributed by atoms with Crippen LogP contribution in [0.4, 0.5) is 8.78 Å². The van der Waals surface area contributed by atoms with E-state index in [4.69, 9.17) is 4.74 Å². The van der Waals surface area contributed by atoms with Gasteiger partial charge in [-0.1, -0.05) is 48.5 Å². The number of ether oxygens (including phenoxy) is 1. The van der Waals surface area contributed by atoms with Gasteiger partial charge in [0.2, 0.25) is 0 Å². The molecule has 1 aliphatic heterocycles. The number of aryl methyl sites for hydroxylation is 2. The summed E-state index contributed by atoms with van der Waals surface area (Å²) in [6.07, 6.45) is -1.12. The summed E-state index contributed by atoms with van der Waals surface area (Å²) in [5.74, 6) is -1.62. The number of aromatic nitrogens is 3. The Hall–Kier alpha value is -4.46. The lowest BCUT2D eigenvalue weighted by Gasteiger charge is -2.30. The van der Waals surface area contributed by atoms with E-state index in [0.29, 0.717) is 33.7 Å². The second kappa shape index (κ2) is 7.78. The van der Waals surface area contributed by atoms with Gasteiger partial charge >= 0.3 is 5.69 Å². The van der Waals surface area contributed by atoms with E-state index in [0.717, 1.165) is 21.8 Å². The third-order valence-corrected chi connectivity index (χ3v) is 6.87. The minimum Gasteiger partial charge on any atom is -0.477 e. The molecule has 3 aromatic carbocycles. The van der Waals surface area contributed by atoms with Crippen LogP contribution in [0.15, 0.2) is 76.3 Å². The Morgan fingerprint density at radius 3 is 2.36 bits per heavy atom. The zero-order chi connectivity index (χ0) is 25.3. The van der Waals surface area contributed by atoms with Gasteiger partial charge in [0.25, 0.3) is 5.56 Å². The maximum absolute atomic E-state index is 15.2. The molecule has 36 heavy (non-hydrogen) atoms. The van der Waals surface area contributed by atoms with Crippen molar-refractivity contribution in [2.45, 2.75) is 13.0 Å².